The van der Waals surface area contributed by atoms with Gasteiger partial charge in [-0.3, -0.25) is 4.79 Å². The van der Waals surface area contributed by atoms with E-state index in [9.17, 15) is 35.4 Å². The molecule has 0 saturated carbocycles. The maximum absolute atomic E-state index is 12.3. The molecule has 0 spiro atoms. The van der Waals surface area contributed by atoms with Crippen LogP contribution in [-0.4, -0.2) is 37.7 Å². The molecule has 1 aromatic heterocycles. The molecule has 0 radical (unpaired) electrons. The van der Waals surface area contributed by atoms with Gasteiger partial charge in [0.25, 0.3) is 0 Å². The van der Waals surface area contributed by atoms with Crippen LogP contribution in [0.5, 0.6) is 40.2 Å². The van der Waals surface area contributed by atoms with Gasteiger partial charge in [0.1, 0.15) is 11.1 Å². The SMILES string of the molecule is COc1cc(O)c2c(=O)c(O)c(-c3cc(O)c(O)c(O)c3)oc2c1O. The van der Waals surface area contributed by atoms with E-state index in [0.29, 0.717) is 0 Å². The molecule has 25 heavy (non-hydrogen) atoms. The molecule has 3 aromatic rings. The second kappa shape index (κ2) is 5.41. The number of fused-ring (bicyclic) bond motifs is 1. The monoisotopic (exact) mass is 348 g/mol. The highest BCUT2D eigenvalue weighted by molar-refractivity contribution is 5.93. The van der Waals surface area contributed by atoms with Crippen molar-refractivity contribution in [1.82, 2.24) is 0 Å². The number of rotatable bonds is 2. The van der Waals surface area contributed by atoms with Crippen molar-refractivity contribution < 1.29 is 39.8 Å². The van der Waals surface area contributed by atoms with Crippen LogP contribution in [0.4, 0.5) is 0 Å². The van der Waals surface area contributed by atoms with Crippen LogP contribution in [0.2, 0.25) is 0 Å². The molecule has 9 nitrogen and oxygen atoms in total. The minimum atomic E-state index is -1.06. The number of ether oxygens (including phenoxy) is 1. The standard InChI is InChI=1S/C16H12O9/c1-24-9-4-6(17)10-13(22)14(23)15(25-16(10)12(9)21)5-2-7(18)11(20)8(19)3-5/h2-4,17-21,23H,1H3. The summed E-state index contributed by atoms with van der Waals surface area (Å²) < 4.78 is 10.2. The number of phenolic OH excluding ortho intramolecular Hbond substituents is 5. The van der Waals surface area contributed by atoms with Gasteiger partial charge in [0.15, 0.2) is 34.3 Å². The van der Waals surface area contributed by atoms with Gasteiger partial charge in [0.2, 0.25) is 16.9 Å². The van der Waals surface area contributed by atoms with Gasteiger partial charge >= 0.3 is 0 Å². The summed E-state index contributed by atoms with van der Waals surface area (Å²) in [5.74, 6) is -5.06. The largest absolute Gasteiger partial charge is 0.507 e. The Morgan fingerprint density at radius 1 is 0.840 bits per heavy atom. The normalized spacial score (nSPS) is 10.9. The van der Waals surface area contributed by atoms with Crippen LogP contribution in [0.3, 0.4) is 0 Å². The first-order valence-corrected chi connectivity index (χ1v) is 6.80. The summed E-state index contributed by atoms with van der Waals surface area (Å²) in [5, 5.41) is 58.2. The fourth-order valence-electron chi connectivity index (χ4n) is 2.39. The van der Waals surface area contributed by atoms with Crippen LogP contribution in [-0.2, 0) is 0 Å². The van der Waals surface area contributed by atoms with Gasteiger partial charge in [0, 0.05) is 11.6 Å². The van der Waals surface area contributed by atoms with Gasteiger partial charge in [-0.2, -0.15) is 0 Å². The molecule has 0 bridgehead atoms. The maximum Gasteiger partial charge on any atom is 0.238 e. The molecule has 2 aromatic carbocycles. The Morgan fingerprint density at radius 2 is 1.44 bits per heavy atom. The first kappa shape index (κ1) is 16.1. The van der Waals surface area contributed by atoms with E-state index < -0.39 is 56.7 Å². The zero-order valence-electron chi connectivity index (χ0n) is 12.6. The van der Waals surface area contributed by atoms with Crippen molar-refractivity contribution in [3.8, 4) is 51.6 Å². The van der Waals surface area contributed by atoms with E-state index in [1.807, 2.05) is 0 Å². The molecule has 0 aliphatic heterocycles. The number of methoxy groups -OCH3 is 1. The molecule has 0 aliphatic carbocycles. The van der Waals surface area contributed by atoms with Crippen molar-refractivity contribution >= 4 is 11.0 Å². The highest BCUT2D eigenvalue weighted by atomic mass is 16.5. The maximum atomic E-state index is 12.3. The van der Waals surface area contributed by atoms with Crippen LogP contribution in [0.15, 0.2) is 27.4 Å². The summed E-state index contributed by atoms with van der Waals surface area (Å²) in [6.07, 6.45) is 0. The summed E-state index contributed by atoms with van der Waals surface area (Å²) in [6.45, 7) is 0. The first-order valence-electron chi connectivity index (χ1n) is 6.80. The van der Waals surface area contributed by atoms with E-state index in [4.69, 9.17) is 9.15 Å². The molecule has 1 heterocycles. The molecule has 0 unspecified atom stereocenters. The van der Waals surface area contributed by atoms with E-state index in [0.717, 1.165) is 18.2 Å². The second-order valence-electron chi connectivity index (χ2n) is 5.12. The molecule has 130 valence electrons. The van der Waals surface area contributed by atoms with Crippen LogP contribution in [0.1, 0.15) is 0 Å². The number of aromatic hydroxyl groups is 6. The van der Waals surface area contributed by atoms with Crippen molar-refractivity contribution in [2.45, 2.75) is 0 Å². The van der Waals surface area contributed by atoms with Crippen LogP contribution in [0, 0.1) is 0 Å². The zero-order chi connectivity index (χ0) is 18.5. The van der Waals surface area contributed by atoms with Gasteiger partial charge in [-0.1, -0.05) is 0 Å². The molecular weight excluding hydrogens is 336 g/mol. The lowest BCUT2D eigenvalue weighted by molar-refractivity contribution is 0.365. The quantitative estimate of drug-likeness (QED) is 0.299. The molecule has 0 atom stereocenters. The number of hydrogen-bond acceptors (Lipinski definition) is 9. The molecule has 0 amide bonds. The fourth-order valence-corrected chi connectivity index (χ4v) is 2.39. The van der Waals surface area contributed by atoms with Gasteiger partial charge in [0.05, 0.1) is 7.11 Å². The van der Waals surface area contributed by atoms with E-state index in [-0.39, 0.29) is 11.3 Å². The molecular formula is C16H12O9. The molecule has 9 heteroatoms. The van der Waals surface area contributed by atoms with Crippen molar-refractivity contribution in [3.63, 3.8) is 0 Å². The van der Waals surface area contributed by atoms with E-state index in [1.54, 1.807) is 0 Å². The van der Waals surface area contributed by atoms with Gasteiger partial charge < -0.3 is 39.8 Å². The molecule has 0 fully saturated rings. The lowest BCUT2D eigenvalue weighted by Gasteiger charge is -2.11. The fraction of sp³-hybridized carbons (Fsp3) is 0.0625. The average Bonchev–Trinajstić information content (AvgIpc) is 2.57. The Bertz CT molecular complexity index is 1040. The predicted molar refractivity (Wildman–Crippen MR) is 84.5 cm³/mol. The van der Waals surface area contributed by atoms with Crippen molar-refractivity contribution in [1.29, 1.82) is 0 Å². The third-order valence-corrected chi connectivity index (χ3v) is 3.61. The highest BCUT2D eigenvalue weighted by Gasteiger charge is 2.24. The van der Waals surface area contributed by atoms with Gasteiger partial charge in [-0.25, -0.2) is 0 Å². The molecule has 6 N–H and O–H groups in total. The third kappa shape index (κ3) is 2.29. The Hall–Kier alpha value is -3.75. The second-order valence-corrected chi connectivity index (χ2v) is 5.12. The zero-order valence-corrected chi connectivity index (χ0v) is 12.6. The summed E-state index contributed by atoms with van der Waals surface area (Å²) >= 11 is 0. The topological polar surface area (TPSA) is 161 Å². The first-order chi connectivity index (χ1) is 11.8. The summed E-state index contributed by atoms with van der Waals surface area (Å²) in [5.41, 5.74) is -1.69. The van der Waals surface area contributed by atoms with Crippen molar-refractivity contribution in [3.05, 3.63) is 28.4 Å². The van der Waals surface area contributed by atoms with Gasteiger partial charge in [-0.15, -0.1) is 0 Å². The Morgan fingerprint density at radius 3 is 2.00 bits per heavy atom. The van der Waals surface area contributed by atoms with Crippen LogP contribution >= 0.6 is 0 Å². The Balaban J connectivity index is 2.44. The predicted octanol–water partition coefficient (Wildman–Crippen LogP) is 1.70. The lowest BCUT2D eigenvalue weighted by Crippen LogP contribution is -2.03. The van der Waals surface area contributed by atoms with Gasteiger partial charge in [-0.05, 0) is 12.1 Å². The van der Waals surface area contributed by atoms with Crippen LogP contribution < -0.4 is 10.2 Å². The smallest absolute Gasteiger partial charge is 0.238 e. The van der Waals surface area contributed by atoms with Crippen molar-refractivity contribution in [2.75, 3.05) is 7.11 Å². The summed E-state index contributed by atoms with van der Waals surface area (Å²) in [4.78, 5) is 12.3. The van der Waals surface area contributed by atoms with Crippen LogP contribution in [0.25, 0.3) is 22.3 Å². The number of benzene rings is 2. The van der Waals surface area contributed by atoms with E-state index >= 15 is 0 Å². The Labute approximate surface area is 138 Å². The van der Waals surface area contributed by atoms with E-state index in [2.05, 4.69) is 0 Å². The summed E-state index contributed by atoms with van der Waals surface area (Å²) in [7, 11) is 1.22. The summed E-state index contributed by atoms with van der Waals surface area (Å²) in [6, 6.07) is 2.83. The molecule has 3 rings (SSSR count). The minimum absolute atomic E-state index is 0.161. The lowest BCUT2D eigenvalue weighted by atomic mass is 10.1. The molecule has 0 saturated heterocycles. The third-order valence-electron chi connectivity index (χ3n) is 3.61. The number of hydrogen-bond donors (Lipinski definition) is 6. The minimum Gasteiger partial charge on any atom is -0.507 e. The van der Waals surface area contributed by atoms with E-state index in [1.165, 1.54) is 7.11 Å². The average molecular weight is 348 g/mol. The Kier molecular flexibility index (Phi) is 3.49. The number of phenols is 5. The van der Waals surface area contributed by atoms with Crippen molar-refractivity contribution in [2.24, 2.45) is 0 Å². The highest BCUT2D eigenvalue weighted by Crippen LogP contribution is 2.44. The molecule has 0 aliphatic rings.